The third-order valence-electron chi connectivity index (χ3n) is 5.65. The maximum atomic E-state index is 12.3. The molecule has 0 radical (unpaired) electrons. The molecule has 1 atom stereocenters. The van der Waals surface area contributed by atoms with Crippen LogP contribution in [0.4, 0.5) is 4.79 Å². The minimum Gasteiger partial charge on any atom is -0.457 e. The van der Waals surface area contributed by atoms with Gasteiger partial charge in [-0.15, -0.1) is 0 Å². The number of benzene rings is 2. The van der Waals surface area contributed by atoms with Crippen molar-refractivity contribution in [3.8, 4) is 23.1 Å². The Kier molecular flexibility index (Phi) is 7.43. The Labute approximate surface area is 211 Å². The molecular formula is C28H31N3O5. The molecule has 0 spiro atoms. The highest BCUT2D eigenvalue weighted by Gasteiger charge is 2.30. The van der Waals surface area contributed by atoms with Crippen LogP contribution in [0.3, 0.4) is 0 Å². The van der Waals surface area contributed by atoms with E-state index in [9.17, 15) is 9.59 Å². The summed E-state index contributed by atoms with van der Waals surface area (Å²) in [5, 5.41) is 0. The normalized spacial score (nSPS) is 15.4. The van der Waals surface area contributed by atoms with Gasteiger partial charge in [-0.2, -0.15) is 0 Å². The van der Waals surface area contributed by atoms with Crippen molar-refractivity contribution in [2.75, 3.05) is 13.1 Å². The van der Waals surface area contributed by atoms with Crippen molar-refractivity contribution < 1.29 is 23.8 Å². The van der Waals surface area contributed by atoms with E-state index in [1.807, 2.05) is 51.1 Å². The van der Waals surface area contributed by atoms with Gasteiger partial charge < -0.3 is 24.8 Å². The van der Waals surface area contributed by atoms with Gasteiger partial charge in [0.05, 0.1) is 0 Å². The first-order chi connectivity index (χ1) is 17.2. The van der Waals surface area contributed by atoms with Crippen LogP contribution in [0.1, 0.15) is 43.1 Å². The summed E-state index contributed by atoms with van der Waals surface area (Å²) < 4.78 is 17.1. The third kappa shape index (κ3) is 6.75. The van der Waals surface area contributed by atoms with Crippen LogP contribution < -0.4 is 15.2 Å². The second kappa shape index (κ2) is 10.7. The number of para-hydroxylation sites is 1. The van der Waals surface area contributed by atoms with Crippen molar-refractivity contribution in [1.82, 2.24) is 9.88 Å². The summed E-state index contributed by atoms with van der Waals surface area (Å²) in [5.41, 5.74) is 6.17. The SMILES string of the molecule is CC(C)(C)OC(=O)N1CCC(Cc2cnc(Oc3ccc(Oc4ccccc4)cc3)c(C(N)=O)c2)C1. The fourth-order valence-electron chi connectivity index (χ4n) is 4.00. The first kappa shape index (κ1) is 25.0. The third-order valence-corrected chi connectivity index (χ3v) is 5.65. The zero-order valence-electron chi connectivity index (χ0n) is 20.8. The molecule has 8 nitrogen and oxygen atoms in total. The maximum Gasteiger partial charge on any atom is 0.410 e. The summed E-state index contributed by atoms with van der Waals surface area (Å²) in [4.78, 5) is 30.6. The Morgan fingerprint density at radius 1 is 1.00 bits per heavy atom. The Bertz CT molecular complexity index is 1210. The van der Waals surface area contributed by atoms with Crippen LogP contribution in [-0.4, -0.2) is 40.6 Å². The van der Waals surface area contributed by atoms with Gasteiger partial charge in [0.2, 0.25) is 5.88 Å². The highest BCUT2D eigenvalue weighted by molar-refractivity contribution is 5.95. The van der Waals surface area contributed by atoms with Gasteiger partial charge in [-0.05, 0) is 87.6 Å². The number of carbonyl (C=O) groups is 2. The van der Waals surface area contributed by atoms with E-state index in [-0.39, 0.29) is 23.5 Å². The fourth-order valence-corrected chi connectivity index (χ4v) is 4.00. The molecule has 1 aromatic heterocycles. The van der Waals surface area contributed by atoms with Gasteiger partial charge in [0.25, 0.3) is 5.91 Å². The number of carbonyl (C=O) groups excluding carboxylic acids is 2. The van der Waals surface area contributed by atoms with E-state index < -0.39 is 11.5 Å². The lowest BCUT2D eigenvalue weighted by Crippen LogP contribution is -2.35. The quantitative estimate of drug-likeness (QED) is 0.466. The fraction of sp³-hybridized carbons (Fsp3) is 0.321. The van der Waals surface area contributed by atoms with Gasteiger partial charge in [0, 0.05) is 19.3 Å². The molecule has 2 N–H and O–H groups in total. The highest BCUT2D eigenvalue weighted by Crippen LogP contribution is 2.29. The van der Waals surface area contributed by atoms with Crippen molar-refractivity contribution in [3.05, 3.63) is 78.0 Å². The Balaban J connectivity index is 1.39. The maximum absolute atomic E-state index is 12.3. The summed E-state index contributed by atoms with van der Waals surface area (Å²) in [5.74, 6) is 1.65. The van der Waals surface area contributed by atoms with Crippen LogP contribution >= 0.6 is 0 Å². The van der Waals surface area contributed by atoms with E-state index in [2.05, 4.69) is 4.98 Å². The summed E-state index contributed by atoms with van der Waals surface area (Å²) in [6, 6.07) is 18.2. The van der Waals surface area contributed by atoms with Crippen LogP contribution in [-0.2, 0) is 11.2 Å². The van der Waals surface area contributed by atoms with E-state index in [4.69, 9.17) is 19.9 Å². The number of pyridine rings is 1. The molecule has 2 heterocycles. The average molecular weight is 490 g/mol. The number of rotatable bonds is 7. The van der Waals surface area contributed by atoms with Gasteiger partial charge in [-0.25, -0.2) is 9.78 Å². The largest absolute Gasteiger partial charge is 0.457 e. The molecule has 0 bridgehead atoms. The number of hydrogen-bond donors (Lipinski definition) is 1. The van der Waals surface area contributed by atoms with Crippen LogP contribution in [0.15, 0.2) is 66.9 Å². The van der Waals surface area contributed by atoms with Crippen molar-refractivity contribution in [3.63, 3.8) is 0 Å². The molecule has 8 heteroatoms. The molecule has 0 aliphatic carbocycles. The zero-order valence-corrected chi connectivity index (χ0v) is 20.8. The van der Waals surface area contributed by atoms with E-state index in [0.717, 1.165) is 17.7 Å². The first-order valence-electron chi connectivity index (χ1n) is 11.9. The highest BCUT2D eigenvalue weighted by atomic mass is 16.6. The van der Waals surface area contributed by atoms with Crippen LogP contribution in [0.25, 0.3) is 0 Å². The molecule has 2 amide bonds. The van der Waals surface area contributed by atoms with Crippen molar-refractivity contribution >= 4 is 12.0 Å². The lowest BCUT2D eigenvalue weighted by Gasteiger charge is -2.24. The lowest BCUT2D eigenvalue weighted by molar-refractivity contribution is 0.0288. The second-order valence-electron chi connectivity index (χ2n) is 9.83. The Morgan fingerprint density at radius 2 is 1.64 bits per heavy atom. The Morgan fingerprint density at radius 3 is 2.28 bits per heavy atom. The molecule has 4 rings (SSSR count). The molecule has 188 valence electrons. The van der Waals surface area contributed by atoms with E-state index >= 15 is 0 Å². The van der Waals surface area contributed by atoms with Gasteiger partial charge in [-0.1, -0.05) is 18.2 Å². The standard InChI is InChI=1S/C28H31N3O5/c1-28(2,3)36-27(33)31-14-13-19(18-31)15-20-16-24(25(29)32)26(30-17-20)35-23-11-9-22(10-12-23)34-21-7-5-4-6-8-21/h4-12,16-17,19H,13-15,18H2,1-3H3,(H2,29,32). The summed E-state index contributed by atoms with van der Waals surface area (Å²) >= 11 is 0. The zero-order chi connectivity index (χ0) is 25.7. The summed E-state index contributed by atoms with van der Waals surface area (Å²) in [7, 11) is 0. The molecule has 1 aliphatic heterocycles. The Hall–Kier alpha value is -4.07. The molecule has 1 aliphatic rings. The molecule has 1 fully saturated rings. The van der Waals surface area contributed by atoms with Crippen LogP contribution in [0.5, 0.6) is 23.1 Å². The predicted octanol–water partition coefficient (Wildman–Crippen LogP) is 5.56. The van der Waals surface area contributed by atoms with Gasteiger partial charge in [0.15, 0.2) is 0 Å². The molecule has 3 aromatic rings. The molecule has 0 saturated carbocycles. The van der Waals surface area contributed by atoms with Gasteiger partial charge in [-0.3, -0.25) is 4.79 Å². The second-order valence-corrected chi connectivity index (χ2v) is 9.83. The average Bonchev–Trinajstić information content (AvgIpc) is 3.29. The summed E-state index contributed by atoms with van der Waals surface area (Å²) in [6.07, 6.45) is 2.90. The number of amides is 2. The lowest BCUT2D eigenvalue weighted by atomic mass is 9.99. The summed E-state index contributed by atoms with van der Waals surface area (Å²) in [6.45, 7) is 6.79. The number of hydrogen-bond acceptors (Lipinski definition) is 6. The van der Waals surface area contributed by atoms with Gasteiger partial charge in [0.1, 0.15) is 28.4 Å². The minimum atomic E-state index is -0.620. The number of aromatic nitrogens is 1. The van der Waals surface area contributed by atoms with Crippen molar-refractivity contribution in [2.45, 2.75) is 39.2 Å². The van der Waals surface area contributed by atoms with Crippen molar-refractivity contribution in [2.24, 2.45) is 11.7 Å². The number of nitrogens with two attached hydrogens (primary N) is 1. The number of likely N-dealkylation sites (tertiary alicyclic amines) is 1. The number of nitrogens with zero attached hydrogens (tertiary/aromatic N) is 2. The molecule has 1 unspecified atom stereocenters. The number of primary amides is 1. The minimum absolute atomic E-state index is 0.143. The molecular weight excluding hydrogens is 458 g/mol. The van der Waals surface area contributed by atoms with Crippen LogP contribution in [0.2, 0.25) is 0 Å². The first-order valence-corrected chi connectivity index (χ1v) is 11.9. The monoisotopic (exact) mass is 489 g/mol. The number of ether oxygens (including phenoxy) is 3. The van der Waals surface area contributed by atoms with Crippen molar-refractivity contribution in [1.29, 1.82) is 0 Å². The van der Waals surface area contributed by atoms with Crippen LogP contribution in [0, 0.1) is 5.92 Å². The molecule has 1 saturated heterocycles. The predicted molar refractivity (Wildman–Crippen MR) is 135 cm³/mol. The van der Waals surface area contributed by atoms with Gasteiger partial charge >= 0.3 is 6.09 Å². The smallest absolute Gasteiger partial charge is 0.410 e. The molecule has 36 heavy (non-hydrogen) atoms. The molecule has 2 aromatic carbocycles. The van der Waals surface area contributed by atoms with E-state index in [1.165, 1.54) is 0 Å². The van der Waals surface area contributed by atoms with E-state index in [1.54, 1.807) is 41.4 Å². The van der Waals surface area contributed by atoms with E-state index in [0.29, 0.717) is 31.0 Å². The topological polar surface area (TPSA) is 104 Å².